The van der Waals surface area contributed by atoms with E-state index in [4.69, 9.17) is 4.74 Å². The standard InChI is InChI=1S/C21H25N3O6S/c1-6-23(7-2)20(26)17-13(5)16(21(27)30-8-3)19(31-17)22-18(25)14-9-10-15(24(28)29)12(4)11-14/h9-11H,6-8H2,1-5H3,(H,22,25). The zero-order valence-corrected chi connectivity index (χ0v) is 18.9. The molecule has 166 valence electrons. The van der Waals surface area contributed by atoms with Crippen LogP contribution in [-0.2, 0) is 4.74 Å². The highest BCUT2D eigenvalue weighted by molar-refractivity contribution is 7.18. The molecule has 0 saturated heterocycles. The smallest absolute Gasteiger partial charge is 0.341 e. The Bertz CT molecular complexity index is 1030. The number of esters is 1. The fourth-order valence-corrected chi connectivity index (χ4v) is 4.24. The molecule has 0 radical (unpaired) electrons. The van der Waals surface area contributed by atoms with Crippen LogP contribution >= 0.6 is 11.3 Å². The highest BCUT2D eigenvalue weighted by Crippen LogP contribution is 2.35. The van der Waals surface area contributed by atoms with E-state index in [1.165, 1.54) is 25.1 Å². The molecular formula is C21H25N3O6S. The minimum absolute atomic E-state index is 0.0946. The van der Waals surface area contributed by atoms with E-state index in [1.807, 2.05) is 13.8 Å². The molecule has 10 heteroatoms. The number of nitrogens with one attached hydrogen (secondary N) is 1. The summed E-state index contributed by atoms with van der Waals surface area (Å²) in [5, 5.41) is 13.9. The third kappa shape index (κ3) is 5.08. The number of nitro benzene ring substituents is 1. The number of nitrogens with zero attached hydrogens (tertiary/aromatic N) is 2. The molecule has 0 saturated carbocycles. The molecule has 2 rings (SSSR count). The molecule has 0 unspecified atom stereocenters. The monoisotopic (exact) mass is 447 g/mol. The maximum Gasteiger partial charge on any atom is 0.341 e. The number of aryl methyl sites for hydroxylation is 1. The molecule has 0 spiro atoms. The largest absolute Gasteiger partial charge is 0.462 e. The van der Waals surface area contributed by atoms with Crippen LogP contribution in [0.15, 0.2) is 18.2 Å². The summed E-state index contributed by atoms with van der Waals surface area (Å²) in [5.41, 5.74) is 1.01. The van der Waals surface area contributed by atoms with E-state index in [0.717, 1.165) is 11.3 Å². The molecule has 1 N–H and O–H groups in total. The van der Waals surface area contributed by atoms with Crippen molar-refractivity contribution in [1.29, 1.82) is 0 Å². The van der Waals surface area contributed by atoms with Gasteiger partial charge in [0.25, 0.3) is 17.5 Å². The predicted octanol–water partition coefficient (Wildman–Crippen LogP) is 4.18. The first kappa shape index (κ1) is 24.0. The van der Waals surface area contributed by atoms with Crippen molar-refractivity contribution in [3.05, 3.63) is 55.4 Å². The number of thiophene rings is 1. The molecule has 31 heavy (non-hydrogen) atoms. The van der Waals surface area contributed by atoms with Crippen LogP contribution in [0.3, 0.4) is 0 Å². The Morgan fingerprint density at radius 1 is 1.16 bits per heavy atom. The average Bonchev–Trinajstić information content (AvgIpc) is 3.04. The van der Waals surface area contributed by atoms with Gasteiger partial charge < -0.3 is 15.0 Å². The van der Waals surface area contributed by atoms with Crippen LogP contribution < -0.4 is 5.32 Å². The predicted molar refractivity (Wildman–Crippen MR) is 118 cm³/mol. The Morgan fingerprint density at radius 3 is 2.32 bits per heavy atom. The number of ether oxygens (including phenoxy) is 1. The van der Waals surface area contributed by atoms with Crippen molar-refractivity contribution >= 4 is 39.8 Å². The van der Waals surface area contributed by atoms with Crippen LogP contribution in [0.4, 0.5) is 10.7 Å². The number of anilines is 1. The molecule has 1 aromatic carbocycles. The summed E-state index contributed by atoms with van der Waals surface area (Å²) < 4.78 is 5.12. The summed E-state index contributed by atoms with van der Waals surface area (Å²) in [6.45, 7) is 9.71. The summed E-state index contributed by atoms with van der Waals surface area (Å²) in [6.07, 6.45) is 0. The van der Waals surface area contributed by atoms with Gasteiger partial charge in [-0.2, -0.15) is 0 Å². The molecule has 0 atom stereocenters. The third-order valence-corrected chi connectivity index (χ3v) is 5.95. The molecule has 9 nitrogen and oxygen atoms in total. The molecule has 0 fully saturated rings. The van der Waals surface area contributed by atoms with Gasteiger partial charge in [-0.15, -0.1) is 11.3 Å². The number of amides is 2. The fourth-order valence-electron chi connectivity index (χ4n) is 3.09. The molecule has 1 aromatic heterocycles. The summed E-state index contributed by atoms with van der Waals surface area (Å²) in [6, 6.07) is 4.00. The lowest BCUT2D eigenvalue weighted by Gasteiger charge is -2.18. The highest BCUT2D eigenvalue weighted by Gasteiger charge is 2.28. The van der Waals surface area contributed by atoms with E-state index >= 15 is 0 Å². The number of nitro groups is 1. The molecule has 0 aliphatic heterocycles. The topological polar surface area (TPSA) is 119 Å². The lowest BCUT2D eigenvalue weighted by Crippen LogP contribution is -2.30. The maximum atomic E-state index is 12.9. The minimum Gasteiger partial charge on any atom is -0.462 e. The van der Waals surface area contributed by atoms with Crippen LogP contribution in [0.25, 0.3) is 0 Å². The number of carbonyl (C=O) groups is 3. The van der Waals surface area contributed by atoms with E-state index in [0.29, 0.717) is 29.1 Å². The second-order valence-corrected chi connectivity index (χ2v) is 7.69. The first-order valence-corrected chi connectivity index (χ1v) is 10.6. The van der Waals surface area contributed by atoms with E-state index < -0.39 is 16.8 Å². The van der Waals surface area contributed by atoms with Gasteiger partial charge in [-0.05, 0) is 52.3 Å². The summed E-state index contributed by atoms with van der Waals surface area (Å²) in [7, 11) is 0. The second kappa shape index (κ2) is 10.2. The SMILES string of the molecule is CCOC(=O)c1c(NC(=O)c2ccc([N+](=O)[O-])c(C)c2)sc(C(=O)N(CC)CC)c1C. The van der Waals surface area contributed by atoms with E-state index in [-0.39, 0.29) is 34.3 Å². The van der Waals surface area contributed by atoms with Gasteiger partial charge in [0.2, 0.25) is 0 Å². The number of hydrogen-bond acceptors (Lipinski definition) is 7. The zero-order chi connectivity index (χ0) is 23.3. The first-order chi connectivity index (χ1) is 14.7. The zero-order valence-electron chi connectivity index (χ0n) is 18.1. The summed E-state index contributed by atoms with van der Waals surface area (Å²) in [5.74, 6) is -1.42. The van der Waals surface area contributed by atoms with Crippen LogP contribution in [0.1, 0.15) is 62.3 Å². The van der Waals surface area contributed by atoms with Gasteiger partial charge in [0, 0.05) is 30.3 Å². The first-order valence-electron chi connectivity index (χ1n) is 9.82. The summed E-state index contributed by atoms with van der Waals surface area (Å²) in [4.78, 5) is 50.7. The molecule has 2 amide bonds. The van der Waals surface area contributed by atoms with Gasteiger partial charge in [0.15, 0.2) is 0 Å². The van der Waals surface area contributed by atoms with E-state index in [9.17, 15) is 24.5 Å². The number of rotatable bonds is 8. The molecular weight excluding hydrogens is 422 g/mol. The van der Waals surface area contributed by atoms with Crippen LogP contribution in [0, 0.1) is 24.0 Å². The van der Waals surface area contributed by atoms with Crippen molar-refractivity contribution in [2.75, 3.05) is 25.0 Å². The number of benzene rings is 1. The van der Waals surface area contributed by atoms with Gasteiger partial charge in [0.05, 0.1) is 22.0 Å². The molecule has 0 aliphatic rings. The van der Waals surface area contributed by atoms with Crippen LogP contribution in [0.2, 0.25) is 0 Å². The fraction of sp³-hybridized carbons (Fsp3) is 0.381. The quantitative estimate of drug-likeness (QED) is 0.368. The Morgan fingerprint density at radius 2 is 1.81 bits per heavy atom. The molecule has 1 heterocycles. The Labute approximate surface area is 184 Å². The molecule has 0 aliphatic carbocycles. The average molecular weight is 448 g/mol. The van der Waals surface area contributed by atoms with Crippen molar-refractivity contribution in [2.45, 2.75) is 34.6 Å². The van der Waals surface area contributed by atoms with Gasteiger partial charge in [-0.3, -0.25) is 19.7 Å². The van der Waals surface area contributed by atoms with Gasteiger partial charge >= 0.3 is 5.97 Å². The highest BCUT2D eigenvalue weighted by atomic mass is 32.1. The van der Waals surface area contributed by atoms with E-state index in [1.54, 1.807) is 18.7 Å². The maximum absolute atomic E-state index is 12.9. The van der Waals surface area contributed by atoms with Crippen LogP contribution in [-0.4, -0.2) is 47.3 Å². The Balaban J connectivity index is 2.46. The number of carbonyl (C=O) groups excluding carboxylic acids is 3. The van der Waals surface area contributed by atoms with E-state index in [2.05, 4.69) is 5.32 Å². The summed E-state index contributed by atoms with van der Waals surface area (Å²) >= 11 is 1.01. The number of hydrogen-bond donors (Lipinski definition) is 1. The van der Waals surface area contributed by atoms with Gasteiger partial charge in [-0.25, -0.2) is 4.79 Å². The van der Waals surface area contributed by atoms with Crippen molar-refractivity contribution < 1.29 is 24.0 Å². The lowest BCUT2D eigenvalue weighted by molar-refractivity contribution is -0.385. The molecule has 0 bridgehead atoms. The lowest BCUT2D eigenvalue weighted by atomic mass is 10.1. The van der Waals surface area contributed by atoms with Crippen molar-refractivity contribution in [1.82, 2.24) is 4.90 Å². The van der Waals surface area contributed by atoms with Crippen molar-refractivity contribution in [3.63, 3.8) is 0 Å². The third-order valence-electron chi connectivity index (χ3n) is 4.75. The van der Waals surface area contributed by atoms with Crippen molar-refractivity contribution in [3.8, 4) is 0 Å². The van der Waals surface area contributed by atoms with Gasteiger partial charge in [0.1, 0.15) is 5.00 Å². The normalized spacial score (nSPS) is 10.5. The Kier molecular flexibility index (Phi) is 7.87. The van der Waals surface area contributed by atoms with Crippen molar-refractivity contribution in [2.24, 2.45) is 0 Å². The molecule has 2 aromatic rings. The second-order valence-electron chi connectivity index (χ2n) is 6.67. The van der Waals surface area contributed by atoms with Crippen LogP contribution in [0.5, 0.6) is 0 Å². The Hall–Kier alpha value is -3.27. The minimum atomic E-state index is -0.634. The van der Waals surface area contributed by atoms with Gasteiger partial charge in [-0.1, -0.05) is 0 Å².